The Hall–Kier alpha value is 0.200. The van der Waals surface area contributed by atoms with Gasteiger partial charge in [0.25, 0.3) is 0 Å². The minimum Gasteiger partial charge on any atom is -0.336 e. The van der Waals surface area contributed by atoms with Crippen LogP contribution >= 0.6 is 31.9 Å². The zero-order valence-corrected chi connectivity index (χ0v) is 9.07. The summed E-state index contributed by atoms with van der Waals surface area (Å²) < 4.78 is 4.59. The van der Waals surface area contributed by atoms with Crippen molar-refractivity contribution >= 4 is 31.9 Å². The van der Waals surface area contributed by atoms with E-state index in [1.807, 2.05) is 0 Å². The van der Waals surface area contributed by atoms with Crippen molar-refractivity contribution in [3.05, 3.63) is 20.8 Å². The van der Waals surface area contributed by atoms with Crippen molar-refractivity contribution in [2.75, 3.05) is 6.54 Å². The van der Waals surface area contributed by atoms with Gasteiger partial charge in [0.15, 0.2) is 0 Å². The Morgan fingerprint density at radius 3 is 3.00 bits per heavy atom. The molecular weight excluding hydrogens is 272 g/mol. The number of nitrogens with one attached hydrogen (secondary N) is 1. The van der Waals surface area contributed by atoms with E-state index in [4.69, 9.17) is 0 Å². The average molecular weight is 280 g/mol. The Bertz CT molecular complexity index is 280. The number of halogens is 2. The minimum absolute atomic E-state index is 0.976. The van der Waals surface area contributed by atoms with Gasteiger partial charge in [0.05, 0.1) is 9.08 Å². The van der Waals surface area contributed by atoms with E-state index in [1.54, 1.807) is 0 Å². The molecule has 0 unspecified atom stereocenters. The molecule has 0 fully saturated rings. The molecule has 0 amide bonds. The number of rotatable bonds is 0. The second-order valence-electron chi connectivity index (χ2n) is 2.60. The summed E-state index contributed by atoms with van der Waals surface area (Å²) in [6.07, 6.45) is 0. The van der Waals surface area contributed by atoms with Gasteiger partial charge in [0.1, 0.15) is 0 Å². The lowest BCUT2D eigenvalue weighted by atomic mass is 10.3. The monoisotopic (exact) mass is 278 g/mol. The van der Waals surface area contributed by atoms with E-state index in [2.05, 4.69) is 47.8 Å². The molecule has 60 valence electrons. The highest BCUT2D eigenvalue weighted by Gasteiger charge is 2.13. The highest BCUT2D eigenvalue weighted by atomic mass is 79.9. The van der Waals surface area contributed by atoms with E-state index in [-0.39, 0.29) is 0 Å². The maximum absolute atomic E-state index is 3.52. The van der Waals surface area contributed by atoms with Crippen molar-refractivity contribution < 1.29 is 0 Å². The van der Waals surface area contributed by atoms with Gasteiger partial charge >= 0.3 is 0 Å². The largest absolute Gasteiger partial charge is 0.336 e. The summed E-state index contributed by atoms with van der Waals surface area (Å²) in [5.41, 5.74) is 1.34. The van der Waals surface area contributed by atoms with Gasteiger partial charge in [-0.05, 0) is 37.9 Å². The molecule has 2 heterocycles. The number of hydrogen-bond donors (Lipinski definition) is 1. The first-order valence-electron chi connectivity index (χ1n) is 3.53. The molecule has 1 aromatic rings. The molecule has 0 spiro atoms. The molecule has 0 aromatic carbocycles. The van der Waals surface area contributed by atoms with Crippen LogP contribution < -0.4 is 5.32 Å². The summed E-state index contributed by atoms with van der Waals surface area (Å²) in [7, 11) is 0. The molecular formula is C7H8Br2N2. The standard InChI is InChI=1S/C7H8Br2N2/c8-6-3-5-4-10-1-2-11(5)7(6)9/h3,10H,1-2,4H2. The van der Waals surface area contributed by atoms with Crippen LogP contribution in [0.4, 0.5) is 0 Å². The molecule has 0 bridgehead atoms. The highest BCUT2D eigenvalue weighted by Crippen LogP contribution is 2.28. The van der Waals surface area contributed by atoms with Gasteiger partial charge in [0, 0.05) is 25.3 Å². The van der Waals surface area contributed by atoms with E-state index in [0.717, 1.165) is 28.7 Å². The molecule has 0 radical (unpaired) electrons. The zero-order valence-electron chi connectivity index (χ0n) is 5.90. The summed E-state index contributed by atoms with van der Waals surface area (Å²) in [5, 5.41) is 3.32. The van der Waals surface area contributed by atoms with Crippen LogP contribution in [0.5, 0.6) is 0 Å². The lowest BCUT2D eigenvalue weighted by molar-refractivity contribution is 0.510. The average Bonchev–Trinajstić information content (AvgIpc) is 2.30. The molecule has 11 heavy (non-hydrogen) atoms. The smallest absolute Gasteiger partial charge is 0.0993 e. The summed E-state index contributed by atoms with van der Waals surface area (Å²) in [5.74, 6) is 0. The van der Waals surface area contributed by atoms with E-state index >= 15 is 0 Å². The molecule has 0 saturated heterocycles. The van der Waals surface area contributed by atoms with Gasteiger partial charge in [-0.1, -0.05) is 0 Å². The van der Waals surface area contributed by atoms with Gasteiger partial charge < -0.3 is 9.88 Å². The van der Waals surface area contributed by atoms with Gasteiger partial charge in [-0.2, -0.15) is 0 Å². The van der Waals surface area contributed by atoms with Crippen LogP contribution in [0.2, 0.25) is 0 Å². The summed E-state index contributed by atoms with van der Waals surface area (Å²) in [6, 6.07) is 2.15. The normalized spacial score (nSPS) is 16.5. The van der Waals surface area contributed by atoms with Crippen molar-refractivity contribution in [1.82, 2.24) is 9.88 Å². The molecule has 2 nitrogen and oxygen atoms in total. The topological polar surface area (TPSA) is 17.0 Å². The molecule has 4 heteroatoms. The molecule has 1 aliphatic rings. The molecule has 1 aromatic heterocycles. The lowest BCUT2D eigenvalue weighted by Gasteiger charge is -2.16. The van der Waals surface area contributed by atoms with Gasteiger partial charge in [-0.25, -0.2) is 0 Å². The second kappa shape index (κ2) is 2.92. The fourth-order valence-electron chi connectivity index (χ4n) is 1.33. The third kappa shape index (κ3) is 1.27. The van der Waals surface area contributed by atoms with Crippen LogP contribution in [-0.2, 0) is 13.1 Å². The number of hydrogen-bond acceptors (Lipinski definition) is 1. The van der Waals surface area contributed by atoms with Crippen molar-refractivity contribution in [2.24, 2.45) is 0 Å². The van der Waals surface area contributed by atoms with Crippen LogP contribution in [0.3, 0.4) is 0 Å². The Morgan fingerprint density at radius 1 is 1.45 bits per heavy atom. The quantitative estimate of drug-likeness (QED) is 0.770. The summed E-state index contributed by atoms with van der Waals surface area (Å²) in [6.45, 7) is 3.10. The van der Waals surface area contributed by atoms with Gasteiger partial charge in [0.2, 0.25) is 0 Å². The third-order valence-electron chi connectivity index (χ3n) is 1.89. The van der Waals surface area contributed by atoms with E-state index in [1.165, 1.54) is 5.69 Å². The predicted octanol–water partition coefficient (Wildman–Crippen LogP) is 2.12. The van der Waals surface area contributed by atoms with Crippen LogP contribution in [0.15, 0.2) is 15.1 Å². The van der Waals surface area contributed by atoms with Crippen LogP contribution in [0.25, 0.3) is 0 Å². The van der Waals surface area contributed by atoms with E-state index in [0.29, 0.717) is 0 Å². The maximum Gasteiger partial charge on any atom is 0.0993 e. The number of aromatic nitrogens is 1. The fourth-order valence-corrected chi connectivity index (χ4v) is 2.33. The molecule has 1 N–H and O–H groups in total. The van der Waals surface area contributed by atoms with Gasteiger partial charge in [-0.3, -0.25) is 0 Å². The zero-order chi connectivity index (χ0) is 7.84. The van der Waals surface area contributed by atoms with Crippen molar-refractivity contribution in [2.45, 2.75) is 13.1 Å². The Kier molecular flexibility index (Phi) is 2.08. The van der Waals surface area contributed by atoms with Crippen LogP contribution in [-0.4, -0.2) is 11.1 Å². The molecule has 2 rings (SSSR count). The number of nitrogens with zero attached hydrogens (tertiary/aromatic N) is 1. The van der Waals surface area contributed by atoms with Crippen LogP contribution in [0.1, 0.15) is 5.69 Å². The van der Waals surface area contributed by atoms with Crippen molar-refractivity contribution in [3.63, 3.8) is 0 Å². The summed E-state index contributed by atoms with van der Waals surface area (Å²) >= 11 is 7.00. The SMILES string of the molecule is Brc1cc2n(c1Br)CCNC2. The summed E-state index contributed by atoms with van der Waals surface area (Å²) in [4.78, 5) is 0. The molecule has 1 aliphatic heterocycles. The van der Waals surface area contributed by atoms with Crippen LogP contribution in [0, 0.1) is 0 Å². The third-order valence-corrected chi connectivity index (χ3v) is 3.88. The Balaban J connectivity index is 2.50. The Labute approximate surface area is 82.2 Å². The molecule has 0 saturated carbocycles. The maximum atomic E-state index is 3.52. The predicted molar refractivity (Wildman–Crippen MR) is 51.5 cm³/mol. The molecule has 0 aliphatic carbocycles. The van der Waals surface area contributed by atoms with E-state index < -0.39 is 0 Å². The van der Waals surface area contributed by atoms with Gasteiger partial charge in [-0.15, -0.1) is 0 Å². The minimum atomic E-state index is 0.976. The first-order chi connectivity index (χ1) is 5.29. The second-order valence-corrected chi connectivity index (χ2v) is 4.21. The first-order valence-corrected chi connectivity index (χ1v) is 5.12. The Morgan fingerprint density at radius 2 is 2.27 bits per heavy atom. The lowest BCUT2D eigenvalue weighted by Crippen LogP contribution is -2.27. The molecule has 0 atom stereocenters. The first kappa shape index (κ1) is 7.83. The van der Waals surface area contributed by atoms with Crippen molar-refractivity contribution in [3.8, 4) is 0 Å². The highest BCUT2D eigenvalue weighted by molar-refractivity contribution is 9.13. The fraction of sp³-hybridized carbons (Fsp3) is 0.429. The van der Waals surface area contributed by atoms with E-state index in [9.17, 15) is 0 Å². The van der Waals surface area contributed by atoms with Crippen molar-refractivity contribution in [1.29, 1.82) is 0 Å². The number of fused-ring (bicyclic) bond motifs is 1.